The van der Waals surface area contributed by atoms with E-state index in [2.05, 4.69) is 79.9 Å². The summed E-state index contributed by atoms with van der Waals surface area (Å²) in [5.41, 5.74) is 0. The minimum Gasteiger partial charge on any atom is -0.502 e. The molecule has 1 nitrogen and oxygen atoms in total. The average molecular weight is 347 g/mol. The molecule has 0 aliphatic carbocycles. The van der Waals surface area contributed by atoms with Crippen molar-refractivity contribution in [2.75, 3.05) is 0 Å². The number of aliphatic hydroxyl groups excluding tert-OH is 1. The van der Waals surface area contributed by atoms with Crippen molar-refractivity contribution in [2.24, 2.45) is 0 Å². The maximum Gasteiger partial charge on any atom is 0.156 e. The Morgan fingerprint density at radius 3 is 1.58 bits per heavy atom. The van der Waals surface area contributed by atoms with E-state index in [0.717, 1.165) is 51.4 Å². The van der Waals surface area contributed by atoms with E-state index in [1.807, 2.05) is 0 Å². The fourth-order valence-electron chi connectivity index (χ4n) is 2.08. The van der Waals surface area contributed by atoms with Crippen LogP contribution in [0, 0.1) is 0 Å². The van der Waals surface area contributed by atoms with Gasteiger partial charge in [-0.05, 0) is 63.6 Å². The molecule has 0 aromatic carbocycles. The Kier molecular flexibility index (Phi) is 18.5. The van der Waals surface area contributed by atoms with Crippen LogP contribution in [0.2, 0.25) is 0 Å². The third-order valence-electron chi connectivity index (χ3n) is 3.42. The SMILES string of the molecule is CC/C=C\C/C=C\C/C=C\C/C=C\C/C=C\CCCCCC(O)=S. The van der Waals surface area contributed by atoms with Gasteiger partial charge in [-0.15, -0.1) is 0 Å². The van der Waals surface area contributed by atoms with E-state index in [1.54, 1.807) is 0 Å². The van der Waals surface area contributed by atoms with Crippen LogP contribution in [0.25, 0.3) is 0 Å². The number of hydrogen-bond donors (Lipinski definition) is 1. The molecule has 0 atom stereocenters. The average Bonchev–Trinajstić information content (AvgIpc) is 2.56. The molecule has 0 unspecified atom stereocenters. The Bertz CT molecular complexity index is 427. The molecule has 0 saturated heterocycles. The summed E-state index contributed by atoms with van der Waals surface area (Å²) in [6.07, 6.45) is 32.5. The minimum atomic E-state index is 0.143. The standard InChI is InChI=1S/C22H34OS/c1-2-3-4-5-6-7-8-9-10-11-12-13-14-15-16-17-18-19-20-21-22(23)24/h3-4,6-7,9-10,12-13,15-16H,2,5,8,11,14,17-21H2,1H3,(H,23,24)/b4-3-,7-6-,10-9-,13-12-,16-15-. The monoisotopic (exact) mass is 346 g/mol. The highest BCUT2D eigenvalue weighted by atomic mass is 32.1. The molecule has 0 aromatic rings. The van der Waals surface area contributed by atoms with E-state index in [4.69, 9.17) is 5.11 Å². The Balaban J connectivity index is 3.42. The number of aliphatic hydroxyl groups is 1. The van der Waals surface area contributed by atoms with Gasteiger partial charge in [0.15, 0.2) is 5.05 Å². The molecular formula is C22H34OS. The van der Waals surface area contributed by atoms with Gasteiger partial charge in [-0.1, -0.05) is 74.1 Å². The van der Waals surface area contributed by atoms with Crippen molar-refractivity contribution in [3.8, 4) is 0 Å². The van der Waals surface area contributed by atoms with E-state index in [0.29, 0.717) is 6.42 Å². The first kappa shape index (κ1) is 22.6. The molecule has 2 heteroatoms. The number of allylic oxidation sites excluding steroid dienone is 10. The summed E-state index contributed by atoms with van der Waals surface area (Å²) in [7, 11) is 0. The zero-order chi connectivity index (χ0) is 17.7. The summed E-state index contributed by atoms with van der Waals surface area (Å²) in [4.78, 5) is 0. The molecule has 0 fully saturated rings. The van der Waals surface area contributed by atoms with Crippen LogP contribution in [-0.4, -0.2) is 10.2 Å². The lowest BCUT2D eigenvalue weighted by molar-refractivity contribution is 0.537. The van der Waals surface area contributed by atoms with Crippen LogP contribution in [0.4, 0.5) is 0 Å². The van der Waals surface area contributed by atoms with Gasteiger partial charge in [0.2, 0.25) is 0 Å². The second-order valence-electron chi connectivity index (χ2n) is 5.70. The maximum absolute atomic E-state index is 8.90. The molecule has 0 aliphatic rings. The van der Waals surface area contributed by atoms with Gasteiger partial charge in [0.05, 0.1) is 0 Å². The third-order valence-corrected chi connectivity index (χ3v) is 3.62. The smallest absolute Gasteiger partial charge is 0.156 e. The predicted octanol–water partition coefficient (Wildman–Crippen LogP) is 7.57. The zero-order valence-corrected chi connectivity index (χ0v) is 16.0. The van der Waals surface area contributed by atoms with Gasteiger partial charge in [-0.3, -0.25) is 0 Å². The summed E-state index contributed by atoms with van der Waals surface area (Å²) in [6, 6.07) is 0. The van der Waals surface area contributed by atoms with Gasteiger partial charge in [0.1, 0.15) is 0 Å². The molecule has 0 aliphatic heterocycles. The number of rotatable bonds is 15. The first-order valence-electron chi connectivity index (χ1n) is 9.24. The van der Waals surface area contributed by atoms with Gasteiger partial charge < -0.3 is 5.11 Å². The fourth-order valence-corrected chi connectivity index (χ4v) is 2.23. The van der Waals surface area contributed by atoms with E-state index in [1.165, 1.54) is 6.42 Å². The number of hydrogen-bond acceptors (Lipinski definition) is 1. The van der Waals surface area contributed by atoms with Crippen molar-refractivity contribution in [3.05, 3.63) is 60.8 Å². The van der Waals surface area contributed by atoms with Crippen LogP contribution in [0.1, 0.15) is 71.1 Å². The Labute approximate surface area is 154 Å². The Morgan fingerprint density at radius 2 is 1.12 bits per heavy atom. The highest BCUT2D eigenvalue weighted by Crippen LogP contribution is 2.04. The summed E-state index contributed by atoms with van der Waals surface area (Å²) in [5.74, 6) is 0. The summed E-state index contributed by atoms with van der Waals surface area (Å²) >= 11 is 4.64. The minimum absolute atomic E-state index is 0.143. The molecular weight excluding hydrogens is 312 g/mol. The maximum atomic E-state index is 8.90. The quantitative estimate of drug-likeness (QED) is 0.187. The van der Waals surface area contributed by atoms with Crippen molar-refractivity contribution < 1.29 is 5.11 Å². The second kappa shape index (κ2) is 19.6. The van der Waals surface area contributed by atoms with Gasteiger partial charge >= 0.3 is 0 Å². The second-order valence-corrected chi connectivity index (χ2v) is 6.17. The van der Waals surface area contributed by atoms with E-state index < -0.39 is 0 Å². The van der Waals surface area contributed by atoms with E-state index >= 15 is 0 Å². The van der Waals surface area contributed by atoms with Gasteiger partial charge in [-0.25, -0.2) is 0 Å². The molecule has 0 heterocycles. The van der Waals surface area contributed by atoms with Crippen LogP contribution >= 0.6 is 12.2 Å². The largest absolute Gasteiger partial charge is 0.502 e. The lowest BCUT2D eigenvalue weighted by atomic mass is 10.1. The van der Waals surface area contributed by atoms with Crippen LogP contribution in [0.5, 0.6) is 0 Å². The van der Waals surface area contributed by atoms with Crippen LogP contribution in [0.3, 0.4) is 0 Å². The normalized spacial score (nSPS) is 12.7. The van der Waals surface area contributed by atoms with Crippen molar-refractivity contribution in [1.82, 2.24) is 0 Å². The highest BCUT2D eigenvalue weighted by molar-refractivity contribution is 7.80. The Morgan fingerprint density at radius 1 is 0.667 bits per heavy atom. The molecule has 134 valence electrons. The van der Waals surface area contributed by atoms with Crippen LogP contribution < -0.4 is 0 Å². The van der Waals surface area contributed by atoms with Crippen LogP contribution in [0.15, 0.2) is 60.8 Å². The van der Waals surface area contributed by atoms with Crippen molar-refractivity contribution in [1.29, 1.82) is 0 Å². The topological polar surface area (TPSA) is 20.2 Å². The molecule has 0 aromatic heterocycles. The van der Waals surface area contributed by atoms with Crippen LogP contribution in [-0.2, 0) is 0 Å². The summed E-state index contributed by atoms with van der Waals surface area (Å²) < 4.78 is 0. The number of thiocarbonyl (C=S) groups is 1. The van der Waals surface area contributed by atoms with Gasteiger partial charge in [0.25, 0.3) is 0 Å². The molecule has 1 N–H and O–H groups in total. The fraction of sp³-hybridized carbons (Fsp3) is 0.500. The summed E-state index contributed by atoms with van der Waals surface area (Å²) in [5, 5.41) is 9.04. The van der Waals surface area contributed by atoms with E-state index in [9.17, 15) is 0 Å². The summed E-state index contributed by atoms with van der Waals surface area (Å²) in [6.45, 7) is 2.16. The lowest BCUT2D eigenvalue weighted by Gasteiger charge is -1.96. The van der Waals surface area contributed by atoms with Crippen molar-refractivity contribution in [2.45, 2.75) is 71.1 Å². The zero-order valence-electron chi connectivity index (χ0n) is 15.2. The number of unbranched alkanes of at least 4 members (excludes halogenated alkanes) is 3. The molecule has 0 radical (unpaired) electrons. The van der Waals surface area contributed by atoms with Crippen molar-refractivity contribution >= 4 is 17.3 Å². The van der Waals surface area contributed by atoms with Gasteiger partial charge in [-0.2, -0.15) is 0 Å². The van der Waals surface area contributed by atoms with Gasteiger partial charge in [0, 0.05) is 6.42 Å². The molecule has 24 heavy (non-hydrogen) atoms. The first-order valence-corrected chi connectivity index (χ1v) is 9.65. The van der Waals surface area contributed by atoms with Crippen molar-refractivity contribution in [3.63, 3.8) is 0 Å². The molecule has 0 bridgehead atoms. The highest BCUT2D eigenvalue weighted by Gasteiger charge is 1.91. The third kappa shape index (κ3) is 20.6. The molecule has 0 rings (SSSR count). The lowest BCUT2D eigenvalue weighted by Crippen LogP contribution is -1.89. The first-order chi connectivity index (χ1) is 11.8. The Hall–Kier alpha value is -1.41. The molecule has 0 amide bonds. The van der Waals surface area contributed by atoms with E-state index in [-0.39, 0.29) is 5.05 Å². The molecule has 0 spiro atoms. The predicted molar refractivity (Wildman–Crippen MR) is 113 cm³/mol. The molecule has 0 saturated carbocycles.